The average Bonchev–Trinajstić information content (AvgIpc) is 2.46. The Hall–Kier alpha value is -2.55. The number of hydrogen-bond acceptors (Lipinski definition) is 4. The van der Waals surface area contributed by atoms with Crippen LogP contribution in [0.5, 0.6) is 5.75 Å². The summed E-state index contributed by atoms with van der Waals surface area (Å²) in [6, 6.07) is 6.98. The van der Waals surface area contributed by atoms with Gasteiger partial charge < -0.3 is 10.5 Å². The number of nitrogens with two attached hydrogens (primary N) is 1. The van der Waals surface area contributed by atoms with E-state index in [2.05, 4.69) is 0 Å². The number of primary amides is 1. The highest BCUT2D eigenvalue weighted by atomic mass is 16.5. The van der Waals surface area contributed by atoms with Gasteiger partial charge in [0, 0.05) is 12.6 Å². The van der Waals surface area contributed by atoms with Crippen LogP contribution in [0.25, 0.3) is 0 Å². The molecule has 0 aliphatic carbocycles. The maximum absolute atomic E-state index is 11.6. The van der Waals surface area contributed by atoms with E-state index >= 15 is 0 Å². The van der Waals surface area contributed by atoms with Crippen molar-refractivity contribution < 1.29 is 14.3 Å². The Labute approximate surface area is 117 Å². The minimum Gasteiger partial charge on any atom is -0.496 e. The number of para-hydroxylation sites is 1. The lowest BCUT2D eigenvalue weighted by atomic mass is 9.92. The van der Waals surface area contributed by atoms with Crippen LogP contribution in [-0.2, 0) is 9.59 Å². The van der Waals surface area contributed by atoms with Gasteiger partial charge in [-0.05, 0) is 12.5 Å². The molecule has 1 radical (unpaired) electrons. The normalized spacial score (nSPS) is 11.2. The van der Waals surface area contributed by atoms with Gasteiger partial charge in [-0.3, -0.25) is 14.5 Å². The molecule has 20 heavy (non-hydrogen) atoms. The van der Waals surface area contributed by atoms with Gasteiger partial charge in [-0.1, -0.05) is 18.2 Å². The Morgan fingerprint density at radius 1 is 1.50 bits per heavy atom. The van der Waals surface area contributed by atoms with Crippen LogP contribution in [0, 0.1) is 17.9 Å². The molecule has 0 spiro atoms. The monoisotopic (exact) mass is 274 g/mol. The highest BCUT2D eigenvalue weighted by Crippen LogP contribution is 2.29. The lowest BCUT2D eigenvalue weighted by molar-refractivity contribution is -0.124. The molecule has 0 saturated carbocycles. The summed E-state index contributed by atoms with van der Waals surface area (Å²) in [5.41, 5.74) is 6.00. The van der Waals surface area contributed by atoms with Gasteiger partial charge in [-0.25, -0.2) is 0 Å². The Kier molecular flexibility index (Phi) is 5.54. The SMILES string of the molecule is COc1ccccc1[C@H](C[CH]C(=O)N(C)C#N)C(N)=O. The highest BCUT2D eigenvalue weighted by Gasteiger charge is 2.23. The fraction of sp³-hybridized carbons (Fsp3) is 0.286. The molecular weight excluding hydrogens is 258 g/mol. The molecule has 0 saturated heterocycles. The number of nitriles is 1. The number of nitrogens with zero attached hydrogens (tertiary/aromatic N) is 2. The summed E-state index contributed by atoms with van der Waals surface area (Å²) in [5.74, 6) is -1.18. The molecule has 2 amide bonds. The first-order chi connectivity index (χ1) is 9.51. The van der Waals surface area contributed by atoms with E-state index in [9.17, 15) is 9.59 Å². The Bertz CT molecular complexity index is 537. The average molecular weight is 274 g/mol. The quantitative estimate of drug-likeness (QED) is 0.613. The minimum atomic E-state index is -0.679. The summed E-state index contributed by atoms with van der Waals surface area (Å²) in [6.45, 7) is 0. The van der Waals surface area contributed by atoms with E-state index in [0.717, 1.165) is 4.90 Å². The van der Waals surface area contributed by atoms with E-state index < -0.39 is 17.7 Å². The van der Waals surface area contributed by atoms with Crippen molar-refractivity contribution in [1.29, 1.82) is 5.26 Å². The van der Waals surface area contributed by atoms with Gasteiger partial charge in [0.15, 0.2) is 6.19 Å². The molecule has 1 aromatic rings. The number of rotatable bonds is 6. The van der Waals surface area contributed by atoms with Gasteiger partial charge in [0.25, 0.3) is 0 Å². The standard InChI is InChI=1S/C14H16N3O3/c1-17(9-15)13(18)8-7-11(14(16)19)10-5-3-4-6-12(10)20-2/h3-6,8,11H,7H2,1-2H3,(H2,16,19)/t11-/m0/s1. The van der Waals surface area contributed by atoms with E-state index in [-0.39, 0.29) is 6.42 Å². The molecule has 0 unspecified atom stereocenters. The second-order valence-electron chi connectivity index (χ2n) is 4.13. The number of carbonyl (C=O) groups is 2. The van der Waals surface area contributed by atoms with Crippen molar-refractivity contribution in [2.45, 2.75) is 12.3 Å². The van der Waals surface area contributed by atoms with Crippen LogP contribution in [-0.4, -0.2) is 30.9 Å². The molecule has 0 aromatic heterocycles. The van der Waals surface area contributed by atoms with Crippen LogP contribution in [0.1, 0.15) is 17.9 Å². The zero-order valence-electron chi connectivity index (χ0n) is 11.4. The lowest BCUT2D eigenvalue weighted by Gasteiger charge is -2.17. The summed E-state index contributed by atoms with van der Waals surface area (Å²) < 4.78 is 5.18. The van der Waals surface area contributed by atoms with Crippen LogP contribution in [0.2, 0.25) is 0 Å². The van der Waals surface area contributed by atoms with Gasteiger partial charge in [0.2, 0.25) is 11.8 Å². The van der Waals surface area contributed by atoms with Crippen molar-refractivity contribution in [3.8, 4) is 11.9 Å². The van der Waals surface area contributed by atoms with Crippen LogP contribution in [0.3, 0.4) is 0 Å². The second kappa shape index (κ2) is 7.14. The molecule has 2 N–H and O–H groups in total. The number of ether oxygens (including phenoxy) is 1. The van der Waals surface area contributed by atoms with Gasteiger partial charge in [-0.2, -0.15) is 5.26 Å². The number of amides is 2. The van der Waals surface area contributed by atoms with Crippen molar-refractivity contribution in [3.63, 3.8) is 0 Å². The van der Waals surface area contributed by atoms with Crippen LogP contribution in [0.4, 0.5) is 0 Å². The number of hydrogen-bond donors (Lipinski definition) is 1. The predicted octanol–water partition coefficient (Wildman–Crippen LogP) is 0.798. The molecule has 0 aliphatic heterocycles. The molecule has 6 nitrogen and oxygen atoms in total. The number of methoxy groups -OCH3 is 1. The van der Waals surface area contributed by atoms with Gasteiger partial charge in [0.1, 0.15) is 5.75 Å². The molecule has 6 heteroatoms. The zero-order valence-corrected chi connectivity index (χ0v) is 11.4. The topological polar surface area (TPSA) is 96.4 Å². The maximum atomic E-state index is 11.6. The number of carbonyl (C=O) groups excluding carboxylic acids is 2. The third-order valence-electron chi connectivity index (χ3n) is 2.87. The molecule has 0 fully saturated rings. The summed E-state index contributed by atoms with van der Waals surface area (Å²) in [5, 5.41) is 8.60. The largest absolute Gasteiger partial charge is 0.496 e. The lowest BCUT2D eigenvalue weighted by Crippen LogP contribution is -2.26. The first kappa shape index (κ1) is 15.5. The summed E-state index contributed by atoms with van der Waals surface area (Å²) in [6.07, 6.45) is 3.07. The van der Waals surface area contributed by atoms with E-state index in [1.54, 1.807) is 30.5 Å². The maximum Gasteiger partial charge on any atom is 0.239 e. The smallest absolute Gasteiger partial charge is 0.239 e. The first-order valence-electron chi connectivity index (χ1n) is 5.94. The van der Waals surface area contributed by atoms with E-state index in [1.165, 1.54) is 20.6 Å². The van der Waals surface area contributed by atoms with Crippen molar-refractivity contribution in [2.24, 2.45) is 5.73 Å². The van der Waals surface area contributed by atoms with Gasteiger partial charge in [-0.15, -0.1) is 0 Å². The van der Waals surface area contributed by atoms with Crippen LogP contribution >= 0.6 is 0 Å². The van der Waals surface area contributed by atoms with E-state index in [1.807, 2.05) is 0 Å². The van der Waals surface area contributed by atoms with Crippen molar-refractivity contribution in [1.82, 2.24) is 4.90 Å². The van der Waals surface area contributed by atoms with Crippen molar-refractivity contribution in [3.05, 3.63) is 36.2 Å². The highest BCUT2D eigenvalue weighted by molar-refractivity contribution is 5.88. The fourth-order valence-corrected chi connectivity index (χ4v) is 1.76. The fourth-order valence-electron chi connectivity index (χ4n) is 1.76. The van der Waals surface area contributed by atoms with E-state index in [0.29, 0.717) is 11.3 Å². The predicted molar refractivity (Wildman–Crippen MR) is 72.2 cm³/mol. The first-order valence-corrected chi connectivity index (χ1v) is 5.94. The molecule has 105 valence electrons. The van der Waals surface area contributed by atoms with Gasteiger partial charge >= 0.3 is 0 Å². The zero-order chi connectivity index (χ0) is 15.1. The molecular formula is C14H16N3O3. The van der Waals surface area contributed by atoms with Crippen LogP contribution < -0.4 is 10.5 Å². The Morgan fingerprint density at radius 3 is 2.70 bits per heavy atom. The van der Waals surface area contributed by atoms with Crippen LogP contribution in [0.15, 0.2) is 24.3 Å². The Morgan fingerprint density at radius 2 is 2.15 bits per heavy atom. The third kappa shape index (κ3) is 3.72. The second-order valence-corrected chi connectivity index (χ2v) is 4.13. The third-order valence-corrected chi connectivity index (χ3v) is 2.87. The van der Waals surface area contributed by atoms with E-state index in [4.69, 9.17) is 15.7 Å². The number of benzene rings is 1. The molecule has 1 atom stereocenters. The summed E-state index contributed by atoms with van der Waals surface area (Å²) >= 11 is 0. The molecule has 0 heterocycles. The van der Waals surface area contributed by atoms with Crippen molar-refractivity contribution in [2.75, 3.05) is 14.2 Å². The molecule has 0 aliphatic rings. The molecule has 1 rings (SSSR count). The summed E-state index contributed by atoms with van der Waals surface area (Å²) in [4.78, 5) is 24.0. The molecule has 1 aromatic carbocycles. The van der Waals surface area contributed by atoms with Gasteiger partial charge in [0.05, 0.1) is 19.4 Å². The van der Waals surface area contributed by atoms with Crippen molar-refractivity contribution >= 4 is 11.8 Å². The summed E-state index contributed by atoms with van der Waals surface area (Å²) in [7, 11) is 2.84. The Balaban J connectivity index is 2.88. The minimum absolute atomic E-state index is 0.112. The molecule has 0 bridgehead atoms.